The molecule has 0 aliphatic heterocycles. The lowest BCUT2D eigenvalue weighted by atomic mass is 9.39. The predicted molar refractivity (Wildman–Crippen MR) is 134 cm³/mol. The van der Waals surface area contributed by atoms with Gasteiger partial charge in [-0.2, -0.15) is 0 Å². The maximum atomic E-state index is 12.3. The first-order valence-electron chi connectivity index (χ1n) is 13.7. The lowest BCUT2D eigenvalue weighted by molar-refractivity contribution is -0.182. The van der Waals surface area contributed by atoms with Gasteiger partial charge in [0.1, 0.15) is 0 Å². The molecule has 4 rings (SSSR count). The average molecular weight is 446 g/mol. The maximum Gasteiger partial charge on any atom is 0.309 e. The van der Waals surface area contributed by atoms with Crippen LogP contribution >= 0.6 is 0 Å². The summed E-state index contributed by atoms with van der Waals surface area (Å²) < 4.78 is 0. The summed E-state index contributed by atoms with van der Waals surface area (Å²) in [6.45, 7) is 15.0. The minimum absolute atomic E-state index is 0.290. The Bertz CT molecular complexity index is 674. The molecule has 184 valence electrons. The van der Waals surface area contributed by atoms with E-state index >= 15 is 0 Å². The Morgan fingerprint density at radius 1 is 1.12 bits per heavy atom. The van der Waals surface area contributed by atoms with Crippen molar-refractivity contribution < 1.29 is 9.90 Å². The monoisotopic (exact) mass is 445 g/mol. The van der Waals surface area contributed by atoms with Crippen LogP contribution in [0.15, 0.2) is 12.7 Å². The van der Waals surface area contributed by atoms with Crippen molar-refractivity contribution in [1.82, 2.24) is 0 Å². The second kappa shape index (κ2) is 9.80. The molecule has 4 aliphatic rings. The van der Waals surface area contributed by atoms with E-state index < -0.39 is 5.97 Å². The van der Waals surface area contributed by atoms with Gasteiger partial charge in [0.15, 0.2) is 0 Å². The molecule has 0 radical (unpaired) electrons. The number of nitrogens with two attached hydrogens (primary N) is 1. The fourth-order valence-corrected chi connectivity index (χ4v) is 9.61. The summed E-state index contributed by atoms with van der Waals surface area (Å²) in [5.74, 6) is 2.96. The van der Waals surface area contributed by atoms with E-state index in [9.17, 15) is 9.90 Å². The highest BCUT2D eigenvalue weighted by atomic mass is 16.4. The van der Waals surface area contributed by atoms with Crippen LogP contribution in [0.4, 0.5) is 0 Å². The highest BCUT2D eigenvalue weighted by Gasteiger charge is 2.64. The fourth-order valence-electron chi connectivity index (χ4n) is 9.61. The summed E-state index contributed by atoms with van der Waals surface area (Å²) in [6, 6.07) is 0.290. The van der Waals surface area contributed by atoms with Crippen LogP contribution in [-0.4, -0.2) is 17.1 Å². The van der Waals surface area contributed by atoms with Crippen LogP contribution in [0.2, 0.25) is 0 Å². The number of fused-ring (bicyclic) bond motifs is 5. The smallest absolute Gasteiger partial charge is 0.309 e. The summed E-state index contributed by atoms with van der Waals surface area (Å²) in [7, 11) is 0. The molecular weight excluding hydrogens is 394 g/mol. The quantitative estimate of drug-likeness (QED) is 0.432. The maximum absolute atomic E-state index is 12.3. The SMILES string of the molecule is C=CC.CCC1CCC2(C)C3CCC4(C(=O)O)CCCC4C3CCC2C1(C)CCC(C)N. The van der Waals surface area contributed by atoms with E-state index in [0.29, 0.717) is 28.7 Å². The normalized spacial score (nSPS) is 46.0. The zero-order valence-electron chi connectivity index (χ0n) is 21.7. The Morgan fingerprint density at radius 3 is 2.41 bits per heavy atom. The lowest BCUT2D eigenvalue weighted by Gasteiger charge is -2.65. The van der Waals surface area contributed by atoms with E-state index in [-0.39, 0.29) is 5.41 Å². The predicted octanol–water partition coefficient (Wildman–Crippen LogP) is 7.45. The fraction of sp³-hybridized carbons (Fsp3) is 0.897. The number of aliphatic carboxylic acids is 1. The molecule has 0 bridgehead atoms. The Hall–Kier alpha value is -0.830. The van der Waals surface area contributed by atoms with Gasteiger partial charge in [-0.15, -0.1) is 6.58 Å². The summed E-state index contributed by atoms with van der Waals surface area (Å²) >= 11 is 0. The first kappa shape index (κ1) is 25.8. The van der Waals surface area contributed by atoms with Gasteiger partial charge < -0.3 is 10.8 Å². The average Bonchev–Trinajstić information content (AvgIpc) is 3.19. The van der Waals surface area contributed by atoms with Crippen LogP contribution < -0.4 is 5.73 Å². The molecule has 0 spiro atoms. The van der Waals surface area contributed by atoms with E-state index in [1.165, 1.54) is 38.5 Å². The number of carbonyl (C=O) groups is 1. The Morgan fingerprint density at radius 2 is 1.81 bits per heavy atom. The van der Waals surface area contributed by atoms with Crippen molar-refractivity contribution in [2.24, 2.45) is 51.6 Å². The zero-order chi connectivity index (χ0) is 23.7. The molecular formula is C29H51NO2. The van der Waals surface area contributed by atoms with E-state index in [1.54, 1.807) is 6.08 Å². The van der Waals surface area contributed by atoms with Crippen LogP contribution in [-0.2, 0) is 4.79 Å². The minimum Gasteiger partial charge on any atom is -0.481 e. The summed E-state index contributed by atoms with van der Waals surface area (Å²) in [5, 5.41) is 10.1. The van der Waals surface area contributed by atoms with Gasteiger partial charge in [0.2, 0.25) is 0 Å². The van der Waals surface area contributed by atoms with Gasteiger partial charge in [0.05, 0.1) is 5.41 Å². The molecule has 4 saturated carbocycles. The van der Waals surface area contributed by atoms with Gasteiger partial charge in [0.25, 0.3) is 0 Å². The van der Waals surface area contributed by atoms with Gasteiger partial charge in [0, 0.05) is 6.04 Å². The summed E-state index contributed by atoms with van der Waals surface area (Å²) in [6.07, 6.45) is 16.1. The molecule has 4 aliphatic carbocycles. The molecule has 4 fully saturated rings. The molecule has 0 heterocycles. The second-order valence-electron chi connectivity index (χ2n) is 12.5. The number of carboxylic acids is 1. The molecule has 0 saturated heterocycles. The van der Waals surface area contributed by atoms with Crippen molar-refractivity contribution in [3.63, 3.8) is 0 Å². The van der Waals surface area contributed by atoms with Crippen LogP contribution in [0.5, 0.6) is 0 Å². The Labute approximate surface area is 198 Å². The highest BCUT2D eigenvalue weighted by Crippen LogP contribution is 2.70. The van der Waals surface area contributed by atoms with Crippen molar-refractivity contribution in [2.75, 3.05) is 0 Å². The van der Waals surface area contributed by atoms with E-state index in [2.05, 4.69) is 34.3 Å². The number of hydrogen-bond donors (Lipinski definition) is 2. The zero-order valence-corrected chi connectivity index (χ0v) is 21.7. The lowest BCUT2D eigenvalue weighted by Crippen LogP contribution is -2.59. The third kappa shape index (κ3) is 4.10. The molecule has 0 aromatic rings. The molecule has 0 amide bonds. The summed E-state index contributed by atoms with van der Waals surface area (Å²) in [5.41, 5.74) is 6.62. The Kier molecular flexibility index (Phi) is 7.90. The Balaban J connectivity index is 0.000000913. The van der Waals surface area contributed by atoms with Crippen molar-refractivity contribution >= 4 is 5.97 Å². The molecule has 3 N–H and O–H groups in total. The standard InChI is InChI=1S/C26H45NO2.C3H6/c1-5-18-11-15-25(4)20-12-16-26(23(28)29)13-6-7-21(26)19(20)8-9-22(25)24(18,3)14-10-17(2)27;1-3-2/h17-22H,5-16,27H2,1-4H3,(H,28,29);3H,1H2,2H3. The van der Waals surface area contributed by atoms with E-state index in [4.69, 9.17) is 5.73 Å². The number of rotatable bonds is 5. The topological polar surface area (TPSA) is 63.3 Å². The first-order valence-corrected chi connectivity index (χ1v) is 13.7. The molecule has 3 nitrogen and oxygen atoms in total. The molecule has 9 atom stereocenters. The van der Waals surface area contributed by atoms with Crippen molar-refractivity contribution in [2.45, 2.75) is 118 Å². The van der Waals surface area contributed by atoms with Crippen LogP contribution in [0, 0.1) is 45.8 Å². The molecule has 32 heavy (non-hydrogen) atoms. The largest absolute Gasteiger partial charge is 0.481 e. The number of hydrogen-bond acceptors (Lipinski definition) is 2. The van der Waals surface area contributed by atoms with Gasteiger partial charge in [-0.3, -0.25) is 4.79 Å². The number of allylic oxidation sites excluding steroid dienone is 1. The third-order valence-corrected chi connectivity index (χ3v) is 11.0. The molecule has 0 aromatic heterocycles. The van der Waals surface area contributed by atoms with E-state index in [0.717, 1.165) is 56.3 Å². The van der Waals surface area contributed by atoms with Gasteiger partial charge >= 0.3 is 5.97 Å². The molecule has 0 aromatic carbocycles. The van der Waals surface area contributed by atoms with Gasteiger partial charge in [-0.1, -0.05) is 39.7 Å². The summed E-state index contributed by atoms with van der Waals surface area (Å²) in [4.78, 5) is 12.3. The van der Waals surface area contributed by atoms with Crippen molar-refractivity contribution in [1.29, 1.82) is 0 Å². The molecule has 9 unspecified atom stereocenters. The van der Waals surface area contributed by atoms with Crippen LogP contribution in [0.1, 0.15) is 112 Å². The first-order chi connectivity index (χ1) is 15.1. The van der Waals surface area contributed by atoms with Crippen LogP contribution in [0.3, 0.4) is 0 Å². The van der Waals surface area contributed by atoms with Crippen molar-refractivity contribution in [3.05, 3.63) is 12.7 Å². The molecule has 3 heteroatoms. The minimum atomic E-state index is -0.484. The van der Waals surface area contributed by atoms with Crippen LogP contribution in [0.25, 0.3) is 0 Å². The van der Waals surface area contributed by atoms with Gasteiger partial charge in [-0.25, -0.2) is 0 Å². The van der Waals surface area contributed by atoms with Crippen molar-refractivity contribution in [3.8, 4) is 0 Å². The number of carboxylic acid groups (broad SMARTS) is 1. The third-order valence-electron chi connectivity index (χ3n) is 11.0. The van der Waals surface area contributed by atoms with E-state index in [1.807, 2.05) is 6.92 Å². The van der Waals surface area contributed by atoms with Gasteiger partial charge in [-0.05, 0) is 118 Å². The second-order valence-corrected chi connectivity index (χ2v) is 12.5. The highest BCUT2D eigenvalue weighted by molar-refractivity contribution is 5.75.